The van der Waals surface area contributed by atoms with Gasteiger partial charge in [-0.3, -0.25) is 24.1 Å². The third kappa shape index (κ3) is 11.7. The summed E-state index contributed by atoms with van der Waals surface area (Å²) in [7, 11) is 0. The predicted molar refractivity (Wildman–Crippen MR) is 262 cm³/mol. The summed E-state index contributed by atoms with van der Waals surface area (Å²) in [6.45, 7) is 14.9. The molecule has 3 fully saturated rings. The normalized spacial score (nSPS) is 21.8. The quantitative estimate of drug-likeness (QED) is 0.0922. The maximum Gasteiger partial charge on any atom is 0.253 e. The summed E-state index contributed by atoms with van der Waals surface area (Å²) in [5.74, 6) is -0.379. The molecule has 5 N–H and O–H groups in total. The largest absolute Gasteiger partial charge is 0.489 e. The number of nitriles is 1. The Morgan fingerprint density at radius 3 is 2.41 bits per heavy atom. The number of rotatable bonds is 17. The standard InChI is InChI=1S/C50H62ClN9O8S/c1-30-43(69-29-54-30)33-10-8-32(9-11-33)39(27-61)56-45(65)40-22-36(62)26-60(40)46(66)31(2)55-42(63)28-67-21-20-58-16-7-17-59(19-18-58)41-15-13-35(25-53-41)44(64)57-47-49(3,4)48(50(47,5)6)68-37-14-12-34(24-52)38(51)23-37/h8-15,23,25,29,31,36,39-40,47-48,61-62H,7,16-22,26-28H2,1-6H3,(H,55,63)(H,56,65)(H,57,64)/t31-,36+,39-,40-,47?,48?/m0/s1. The highest BCUT2D eigenvalue weighted by atomic mass is 35.5. The van der Waals surface area contributed by atoms with E-state index in [1.165, 1.54) is 23.2 Å². The molecule has 3 aliphatic rings. The number of nitrogens with zero attached hydrogens (tertiary/aromatic N) is 6. The summed E-state index contributed by atoms with van der Waals surface area (Å²) < 4.78 is 12.1. The summed E-state index contributed by atoms with van der Waals surface area (Å²) in [5.41, 5.74) is 4.38. The molecule has 4 atom stereocenters. The Morgan fingerprint density at radius 2 is 1.75 bits per heavy atom. The lowest BCUT2D eigenvalue weighted by atomic mass is 9.49. The van der Waals surface area contributed by atoms with E-state index in [1.54, 1.807) is 36.0 Å². The molecule has 2 aromatic carbocycles. The van der Waals surface area contributed by atoms with Gasteiger partial charge >= 0.3 is 0 Å². The molecule has 1 saturated carbocycles. The Labute approximate surface area is 412 Å². The molecule has 0 radical (unpaired) electrons. The molecule has 0 spiro atoms. The van der Waals surface area contributed by atoms with Crippen molar-refractivity contribution in [3.05, 3.63) is 93.7 Å². The first kappa shape index (κ1) is 51.2. The number of aliphatic hydroxyl groups excluding tert-OH is 2. The molecule has 4 amide bonds. The smallest absolute Gasteiger partial charge is 0.253 e. The third-order valence-corrected chi connectivity index (χ3v) is 14.9. The van der Waals surface area contributed by atoms with Crippen LogP contribution in [0.5, 0.6) is 5.75 Å². The molecule has 2 aliphatic heterocycles. The minimum Gasteiger partial charge on any atom is -0.489 e. The zero-order valence-corrected chi connectivity index (χ0v) is 41.5. The van der Waals surface area contributed by atoms with E-state index in [-0.39, 0.29) is 44.2 Å². The molecule has 4 heterocycles. The Hall–Kier alpha value is -5.68. The molecule has 4 aromatic rings. The molecule has 17 nitrogen and oxygen atoms in total. The summed E-state index contributed by atoms with van der Waals surface area (Å²) in [4.78, 5) is 69.1. The van der Waals surface area contributed by atoms with E-state index in [1.807, 2.05) is 37.3 Å². The molecule has 0 unspecified atom stereocenters. The maximum atomic E-state index is 13.5. The summed E-state index contributed by atoms with van der Waals surface area (Å²) in [5, 5.41) is 39.0. The van der Waals surface area contributed by atoms with Crippen LogP contribution in [0.2, 0.25) is 5.02 Å². The molecular formula is C50H62ClN9O8S. The van der Waals surface area contributed by atoms with Crippen LogP contribution in [0.4, 0.5) is 5.82 Å². The fourth-order valence-corrected chi connectivity index (χ4v) is 11.2. The third-order valence-electron chi connectivity index (χ3n) is 13.6. The number of carbonyl (C=O) groups excluding carboxylic acids is 4. The topological polar surface area (TPSA) is 223 Å². The van der Waals surface area contributed by atoms with Gasteiger partial charge in [-0.2, -0.15) is 5.26 Å². The number of thiazole rings is 1. The van der Waals surface area contributed by atoms with Gasteiger partial charge in [-0.25, -0.2) is 9.97 Å². The number of pyridine rings is 1. The van der Waals surface area contributed by atoms with Crippen LogP contribution in [-0.4, -0.2) is 143 Å². The van der Waals surface area contributed by atoms with Crippen LogP contribution in [-0.2, 0) is 19.1 Å². The number of ether oxygens (including phenoxy) is 2. The van der Waals surface area contributed by atoms with Crippen molar-refractivity contribution in [3.63, 3.8) is 0 Å². The summed E-state index contributed by atoms with van der Waals surface area (Å²) in [6.07, 6.45) is 1.36. The summed E-state index contributed by atoms with van der Waals surface area (Å²) in [6, 6.07) is 15.3. The van der Waals surface area contributed by atoms with Crippen LogP contribution in [0.3, 0.4) is 0 Å². The fraction of sp³-hybridized carbons (Fsp3) is 0.500. The number of aliphatic hydroxyl groups is 2. The van der Waals surface area contributed by atoms with Gasteiger partial charge in [0.1, 0.15) is 42.4 Å². The zero-order chi connectivity index (χ0) is 49.6. The van der Waals surface area contributed by atoms with Gasteiger partial charge in [0.05, 0.1) is 57.6 Å². The van der Waals surface area contributed by atoms with Crippen molar-refractivity contribution in [3.8, 4) is 22.3 Å². The lowest BCUT2D eigenvalue weighted by molar-refractivity contribution is -0.164. The van der Waals surface area contributed by atoms with E-state index in [4.69, 9.17) is 21.1 Å². The number of hydrogen-bond donors (Lipinski definition) is 5. The number of anilines is 1. The monoisotopic (exact) mass is 983 g/mol. The molecule has 2 saturated heterocycles. The van der Waals surface area contributed by atoms with Crippen LogP contribution >= 0.6 is 22.9 Å². The molecular weight excluding hydrogens is 922 g/mol. The van der Waals surface area contributed by atoms with E-state index < -0.39 is 52.8 Å². The van der Waals surface area contributed by atoms with Crippen LogP contribution in [0, 0.1) is 29.1 Å². The number of nitrogens with one attached hydrogen (secondary N) is 3. The highest BCUT2D eigenvalue weighted by Gasteiger charge is 2.64. The van der Waals surface area contributed by atoms with Crippen LogP contribution in [0.25, 0.3) is 10.4 Å². The highest BCUT2D eigenvalue weighted by Crippen LogP contribution is 2.55. The van der Waals surface area contributed by atoms with E-state index in [9.17, 15) is 34.7 Å². The number of likely N-dealkylation sites (tertiary alicyclic amines) is 1. The van der Waals surface area contributed by atoms with Gasteiger partial charge in [0.2, 0.25) is 17.7 Å². The number of hydrogen-bond acceptors (Lipinski definition) is 14. The molecule has 368 valence electrons. The summed E-state index contributed by atoms with van der Waals surface area (Å²) >= 11 is 7.78. The predicted octanol–water partition coefficient (Wildman–Crippen LogP) is 4.50. The number of β-amino-alcohol motifs (C(OH)–C–C–N with tert-alkyl or cyclic N) is 1. The Bertz CT molecular complexity index is 2500. The van der Waals surface area contributed by atoms with Crippen molar-refractivity contribution in [1.29, 1.82) is 5.26 Å². The van der Waals surface area contributed by atoms with E-state index in [0.717, 1.165) is 48.0 Å². The van der Waals surface area contributed by atoms with Crippen molar-refractivity contribution in [2.75, 3.05) is 64.0 Å². The minimum atomic E-state index is -0.986. The van der Waals surface area contributed by atoms with Crippen molar-refractivity contribution in [2.45, 2.75) is 90.8 Å². The van der Waals surface area contributed by atoms with Crippen LogP contribution < -0.4 is 25.6 Å². The molecule has 19 heteroatoms. The Kier molecular flexibility index (Phi) is 16.3. The second-order valence-electron chi connectivity index (χ2n) is 19.3. The minimum absolute atomic E-state index is 0.0239. The van der Waals surface area contributed by atoms with Crippen LogP contribution in [0.1, 0.15) is 80.7 Å². The molecule has 2 aromatic heterocycles. The number of benzene rings is 2. The SMILES string of the molecule is Cc1ncsc1-c1ccc([C@H](CO)NC(=O)[C@@H]2C[C@@H](O)CN2C(=O)[C@H](C)NC(=O)COCCN2CCCN(c3ccc(C(=O)NC4C(C)(C)C(Oc5ccc(C#N)c(Cl)c5)C4(C)C)cn3)CC2)cc1. The van der Waals surface area contributed by atoms with Crippen LogP contribution in [0.15, 0.2) is 66.3 Å². The van der Waals surface area contributed by atoms with Gasteiger partial charge in [0.25, 0.3) is 5.91 Å². The number of aromatic nitrogens is 2. The fourth-order valence-electron chi connectivity index (χ4n) is 10.1. The Balaban J connectivity index is 0.815. The van der Waals surface area contributed by atoms with E-state index in [2.05, 4.69) is 69.5 Å². The lowest BCUT2D eigenvalue weighted by Crippen LogP contribution is -2.74. The molecule has 69 heavy (non-hydrogen) atoms. The highest BCUT2D eigenvalue weighted by molar-refractivity contribution is 7.13. The van der Waals surface area contributed by atoms with E-state index in [0.29, 0.717) is 47.2 Å². The second-order valence-corrected chi connectivity index (χ2v) is 20.5. The number of aryl methyl sites for hydroxylation is 1. The van der Waals surface area contributed by atoms with Gasteiger partial charge in [0.15, 0.2) is 0 Å². The van der Waals surface area contributed by atoms with Gasteiger partial charge in [-0.15, -0.1) is 11.3 Å². The van der Waals surface area contributed by atoms with Gasteiger partial charge < -0.3 is 45.4 Å². The van der Waals surface area contributed by atoms with Crippen molar-refractivity contribution in [1.82, 2.24) is 35.7 Å². The maximum absolute atomic E-state index is 13.5. The van der Waals surface area contributed by atoms with Crippen molar-refractivity contribution < 1.29 is 38.9 Å². The molecule has 1 aliphatic carbocycles. The number of amides is 4. The van der Waals surface area contributed by atoms with E-state index >= 15 is 0 Å². The molecule has 0 bridgehead atoms. The number of carbonyl (C=O) groups is 4. The van der Waals surface area contributed by atoms with Gasteiger partial charge in [-0.05, 0) is 62.2 Å². The van der Waals surface area contributed by atoms with Crippen molar-refractivity contribution >= 4 is 52.4 Å². The molecule has 7 rings (SSSR count). The van der Waals surface area contributed by atoms with Crippen molar-refractivity contribution in [2.24, 2.45) is 10.8 Å². The van der Waals surface area contributed by atoms with Gasteiger partial charge in [-0.1, -0.05) is 63.6 Å². The average molecular weight is 985 g/mol. The first-order chi connectivity index (χ1) is 32.9. The Morgan fingerprint density at radius 1 is 1.00 bits per heavy atom. The average Bonchev–Trinajstić information content (AvgIpc) is 3.87. The second kappa shape index (κ2) is 22.0. The van der Waals surface area contributed by atoms with Gasteiger partial charge in [0, 0.05) is 68.3 Å². The first-order valence-corrected chi connectivity index (χ1v) is 24.5. The zero-order valence-electron chi connectivity index (χ0n) is 39.9. The number of halogens is 1. The lowest BCUT2D eigenvalue weighted by Gasteiger charge is -2.63. The first-order valence-electron chi connectivity index (χ1n) is 23.3.